The van der Waals surface area contributed by atoms with E-state index in [0.29, 0.717) is 17.7 Å². The average molecular weight is 325 g/mol. The number of alkyl carbamates (subject to hydrolysis) is 1. The Kier molecular flexibility index (Phi) is 4.52. The molecule has 1 aliphatic carbocycles. The minimum Gasteiger partial charge on any atom is -0.444 e. The fraction of sp³-hybridized carbons (Fsp3) is 0.562. The van der Waals surface area contributed by atoms with E-state index >= 15 is 0 Å². The van der Waals surface area contributed by atoms with Crippen LogP contribution in [0.15, 0.2) is 29.2 Å². The molecule has 0 bridgehead atoms. The van der Waals surface area contributed by atoms with Gasteiger partial charge in [-0.3, -0.25) is 0 Å². The van der Waals surface area contributed by atoms with Crippen molar-refractivity contribution in [3.8, 4) is 0 Å². The van der Waals surface area contributed by atoms with Crippen molar-refractivity contribution in [1.29, 1.82) is 0 Å². The van der Waals surface area contributed by atoms with Crippen molar-refractivity contribution < 1.29 is 17.9 Å². The van der Waals surface area contributed by atoms with Crippen LogP contribution in [0.25, 0.3) is 0 Å². The van der Waals surface area contributed by atoms with Gasteiger partial charge in [0, 0.05) is 6.04 Å². The second-order valence-corrected chi connectivity index (χ2v) is 9.03. The molecule has 0 heterocycles. The van der Waals surface area contributed by atoms with Gasteiger partial charge in [-0.05, 0) is 58.2 Å². The quantitative estimate of drug-likeness (QED) is 0.927. The van der Waals surface area contributed by atoms with Gasteiger partial charge in [-0.1, -0.05) is 12.1 Å². The summed E-state index contributed by atoms with van der Waals surface area (Å²) in [5, 5.41) is 2.28. The molecule has 0 atom stereocenters. The minimum atomic E-state index is -3.32. The number of hydrogen-bond donors (Lipinski definition) is 1. The molecule has 0 radical (unpaired) electrons. The highest BCUT2D eigenvalue weighted by Gasteiger charge is 2.40. The number of carbonyl (C=O) groups excluding carboxylic acids is 1. The zero-order chi connectivity index (χ0) is 16.5. The van der Waals surface area contributed by atoms with Crippen LogP contribution >= 0.6 is 0 Å². The third kappa shape index (κ3) is 4.00. The predicted octanol–water partition coefficient (Wildman–Crippen LogP) is 2.82. The van der Waals surface area contributed by atoms with Crippen molar-refractivity contribution in [2.24, 2.45) is 0 Å². The first-order valence-corrected chi connectivity index (χ1v) is 8.92. The topological polar surface area (TPSA) is 72.5 Å². The SMILES string of the molecule is Cc1cccc(S(=O)(=O)[C@H]2C[C@@H](NC(=O)OC(C)(C)C)C2)c1. The van der Waals surface area contributed by atoms with E-state index < -0.39 is 26.8 Å². The van der Waals surface area contributed by atoms with Gasteiger partial charge in [0.05, 0.1) is 10.1 Å². The Morgan fingerprint density at radius 1 is 1.27 bits per heavy atom. The van der Waals surface area contributed by atoms with Gasteiger partial charge in [0.25, 0.3) is 0 Å². The van der Waals surface area contributed by atoms with Crippen LogP contribution in [0, 0.1) is 6.92 Å². The number of ether oxygens (including phenoxy) is 1. The van der Waals surface area contributed by atoms with E-state index in [1.165, 1.54) is 0 Å². The fourth-order valence-corrected chi connectivity index (χ4v) is 4.37. The number of hydrogen-bond acceptors (Lipinski definition) is 4. The molecule has 1 fully saturated rings. The Morgan fingerprint density at radius 2 is 1.91 bits per heavy atom. The lowest BCUT2D eigenvalue weighted by atomic mass is 9.92. The summed E-state index contributed by atoms with van der Waals surface area (Å²) in [5.41, 5.74) is 0.366. The smallest absolute Gasteiger partial charge is 0.407 e. The van der Waals surface area contributed by atoms with E-state index in [2.05, 4.69) is 5.32 Å². The molecule has 1 aromatic rings. The largest absolute Gasteiger partial charge is 0.444 e. The lowest BCUT2D eigenvalue weighted by Crippen LogP contribution is -2.50. The van der Waals surface area contributed by atoms with Gasteiger partial charge in [0.2, 0.25) is 0 Å². The molecule has 5 nitrogen and oxygen atoms in total. The van der Waals surface area contributed by atoms with E-state index in [9.17, 15) is 13.2 Å². The molecule has 6 heteroatoms. The maximum atomic E-state index is 12.5. The van der Waals surface area contributed by atoms with Gasteiger partial charge in [0.15, 0.2) is 9.84 Å². The van der Waals surface area contributed by atoms with Crippen LogP contribution in [0.2, 0.25) is 0 Å². The van der Waals surface area contributed by atoms with Crippen LogP contribution in [0.4, 0.5) is 4.79 Å². The van der Waals surface area contributed by atoms with Crippen molar-refractivity contribution in [1.82, 2.24) is 5.32 Å². The van der Waals surface area contributed by atoms with Gasteiger partial charge in [-0.25, -0.2) is 13.2 Å². The van der Waals surface area contributed by atoms with E-state index in [4.69, 9.17) is 4.74 Å². The summed E-state index contributed by atoms with van der Waals surface area (Å²) in [6.07, 6.45) is 0.356. The highest BCUT2D eigenvalue weighted by atomic mass is 32.2. The molecule has 0 saturated heterocycles. The molecule has 0 aliphatic heterocycles. The molecular weight excluding hydrogens is 302 g/mol. The molecule has 1 saturated carbocycles. The van der Waals surface area contributed by atoms with Crippen LogP contribution in [0.3, 0.4) is 0 Å². The zero-order valence-electron chi connectivity index (χ0n) is 13.4. The first-order valence-electron chi connectivity index (χ1n) is 7.38. The van der Waals surface area contributed by atoms with Gasteiger partial charge >= 0.3 is 6.09 Å². The normalized spacial score (nSPS) is 21.8. The van der Waals surface area contributed by atoms with Crippen LogP contribution in [-0.2, 0) is 14.6 Å². The summed E-state index contributed by atoms with van der Waals surface area (Å²) >= 11 is 0. The van der Waals surface area contributed by atoms with Gasteiger partial charge < -0.3 is 10.1 Å². The minimum absolute atomic E-state index is 0.139. The zero-order valence-corrected chi connectivity index (χ0v) is 14.2. The second kappa shape index (κ2) is 5.91. The Balaban J connectivity index is 1.92. The molecule has 2 rings (SSSR count). The molecule has 0 unspecified atom stereocenters. The molecule has 1 aliphatic rings. The number of nitrogens with one attached hydrogen (secondary N) is 1. The summed E-state index contributed by atoms with van der Waals surface area (Å²) < 4.78 is 30.1. The summed E-state index contributed by atoms with van der Waals surface area (Å²) in [6, 6.07) is 6.78. The van der Waals surface area contributed by atoms with Crippen LogP contribution in [0.1, 0.15) is 39.2 Å². The monoisotopic (exact) mass is 325 g/mol. The summed E-state index contributed by atoms with van der Waals surface area (Å²) in [5.74, 6) is 0. The maximum Gasteiger partial charge on any atom is 0.407 e. The number of benzene rings is 1. The Bertz CT molecular complexity index is 655. The molecular formula is C16H23NO4S. The number of carbonyl (C=O) groups is 1. The van der Waals surface area contributed by atoms with Crippen LogP contribution in [-0.4, -0.2) is 31.4 Å². The van der Waals surface area contributed by atoms with Crippen molar-refractivity contribution in [3.05, 3.63) is 29.8 Å². The van der Waals surface area contributed by atoms with Gasteiger partial charge in [-0.2, -0.15) is 0 Å². The number of amides is 1. The van der Waals surface area contributed by atoms with E-state index in [-0.39, 0.29) is 6.04 Å². The second-order valence-electron chi connectivity index (χ2n) is 6.80. The van der Waals surface area contributed by atoms with Gasteiger partial charge in [-0.15, -0.1) is 0 Å². The number of sulfone groups is 1. The Morgan fingerprint density at radius 3 is 2.45 bits per heavy atom. The summed E-state index contributed by atoms with van der Waals surface area (Å²) in [4.78, 5) is 12.0. The Hall–Kier alpha value is -1.56. The molecule has 1 N–H and O–H groups in total. The molecule has 1 aromatic carbocycles. The van der Waals surface area contributed by atoms with E-state index in [0.717, 1.165) is 5.56 Å². The predicted molar refractivity (Wildman–Crippen MR) is 84.5 cm³/mol. The molecule has 0 spiro atoms. The lowest BCUT2D eigenvalue weighted by molar-refractivity contribution is 0.0481. The Labute approximate surface area is 132 Å². The number of aryl methyl sites for hydroxylation is 1. The first-order chi connectivity index (χ1) is 10.1. The lowest BCUT2D eigenvalue weighted by Gasteiger charge is -2.35. The van der Waals surface area contributed by atoms with Gasteiger partial charge in [0.1, 0.15) is 5.60 Å². The van der Waals surface area contributed by atoms with Crippen molar-refractivity contribution in [2.45, 2.75) is 62.3 Å². The third-order valence-electron chi connectivity index (χ3n) is 3.57. The average Bonchev–Trinajstić information content (AvgIpc) is 2.30. The molecule has 22 heavy (non-hydrogen) atoms. The summed E-state index contributed by atoms with van der Waals surface area (Å²) in [7, 11) is -3.32. The van der Waals surface area contributed by atoms with Crippen LogP contribution in [0.5, 0.6) is 0 Å². The maximum absolute atomic E-state index is 12.5. The third-order valence-corrected chi connectivity index (χ3v) is 5.75. The van der Waals surface area contributed by atoms with E-state index in [1.807, 2.05) is 13.0 Å². The molecule has 122 valence electrons. The van der Waals surface area contributed by atoms with Crippen molar-refractivity contribution >= 4 is 15.9 Å². The van der Waals surface area contributed by atoms with Crippen molar-refractivity contribution in [2.75, 3.05) is 0 Å². The fourth-order valence-electron chi connectivity index (χ4n) is 2.40. The molecule has 1 amide bonds. The first kappa shape index (κ1) is 16.8. The summed E-state index contributed by atoms with van der Waals surface area (Å²) in [6.45, 7) is 7.24. The standard InChI is InChI=1S/C16H23NO4S/c1-11-6-5-7-13(8-11)22(19,20)14-9-12(10-14)17-15(18)21-16(2,3)4/h5-8,12,14H,9-10H2,1-4H3,(H,17,18)/t12-,14+. The highest BCUT2D eigenvalue weighted by Crippen LogP contribution is 2.32. The van der Waals surface area contributed by atoms with Crippen LogP contribution < -0.4 is 5.32 Å². The van der Waals surface area contributed by atoms with E-state index in [1.54, 1.807) is 39.0 Å². The highest BCUT2D eigenvalue weighted by molar-refractivity contribution is 7.92. The molecule has 0 aromatic heterocycles. The van der Waals surface area contributed by atoms with Crippen molar-refractivity contribution in [3.63, 3.8) is 0 Å². The number of rotatable bonds is 3.